The number of fused-ring (bicyclic) bond motifs is 5. The lowest BCUT2D eigenvalue weighted by molar-refractivity contribution is -0.137. The van der Waals surface area contributed by atoms with Crippen LogP contribution in [-0.4, -0.2) is 26.0 Å². The van der Waals surface area contributed by atoms with E-state index in [1.807, 2.05) is 49.4 Å². The number of nitrogens with one attached hydrogen (secondary N) is 2. The Kier molecular flexibility index (Phi) is 5.10. The standard InChI is InChI=1S/C32H21F3N4O3/c1-15-2-4-16(5-3-15)19-14-21-25(10-11-36-29(21)39-31(19)40)41-18-7-9-24-20(13-18)26-27(28(26)42-24)30-37-22-8-6-17(32(33,34)35)12-23(22)38-30/h2-14,26-28H,1H3,(H,37,38)(H,36,39,40)/t26-,27-,28?/m1/s1. The highest BCUT2D eigenvalue weighted by molar-refractivity contribution is 5.86. The smallest absolute Gasteiger partial charge is 0.416 e. The number of halogens is 3. The summed E-state index contributed by atoms with van der Waals surface area (Å²) in [6.07, 6.45) is -3.00. The average Bonchev–Trinajstić information content (AvgIpc) is 3.30. The van der Waals surface area contributed by atoms with Crippen LogP contribution in [0.4, 0.5) is 13.2 Å². The van der Waals surface area contributed by atoms with E-state index >= 15 is 0 Å². The van der Waals surface area contributed by atoms with Crippen LogP contribution >= 0.6 is 0 Å². The molecule has 208 valence electrons. The van der Waals surface area contributed by atoms with Crippen LogP contribution in [0.25, 0.3) is 33.2 Å². The van der Waals surface area contributed by atoms with Gasteiger partial charge in [-0.25, -0.2) is 9.97 Å². The maximum absolute atomic E-state index is 13.2. The summed E-state index contributed by atoms with van der Waals surface area (Å²) in [5.41, 5.74) is 3.63. The van der Waals surface area contributed by atoms with E-state index in [1.165, 1.54) is 6.07 Å². The molecule has 0 amide bonds. The first-order valence-electron chi connectivity index (χ1n) is 13.4. The first-order chi connectivity index (χ1) is 20.2. The summed E-state index contributed by atoms with van der Waals surface area (Å²) < 4.78 is 52.0. The van der Waals surface area contributed by atoms with Crippen molar-refractivity contribution in [3.63, 3.8) is 0 Å². The molecule has 3 aromatic heterocycles. The van der Waals surface area contributed by atoms with Crippen molar-refractivity contribution in [1.29, 1.82) is 0 Å². The first kappa shape index (κ1) is 24.7. The fourth-order valence-electron chi connectivity index (χ4n) is 5.84. The van der Waals surface area contributed by atoms with Crippen molar-refractivity contribution in [2.75, 3.05) is 0 Å². The molecule has 1 unspecified atom stereocenters. The lowest BCUT2D eigenvalue weighted by atomic mass is 10.0. The van der Waals surface area contributed by atoms with Gasteiger partial charge in [0.05, 0.1) is 27.9 Å². The Bertz CT molecular complexity index is 2100. The van der Waals surface area contributed by atoms with Crippen LogP contribution in [0.15, 0.2) is 83.8 Å². The van der Waals surface area contributed by atoms with Gasteiger partial charge in [0.25, 0.3) is 5.56 Å². The summed E-state index contributed by atoms with van der Waals surface area (Å²) >= 11 is 0. The van der Waals surface area contributed by atoms with Crippen LogP contribution in [-0.2, 0) is 6.18 Å². The van der Waals surface area contributed by atoms with Crippen LogP contribution in [0, 0.1) is 6.92 Å². The largest absolute Gasteiger partial charge is 0.489 e. The maximum Gasteiger partial charge on any atom is 0.416 e. The molecule has 10 heteroatoms. The predicted molar refractivity (Wildman–Crippen MR) is 150 cm³/mol. The van der Waals surface area contributed by atoms with Crippen molar-refractivity contribution in [2.24, 2.45) is 0 Å². The van der Waals surface area contributed by atoms with Crippen LogP contribution in [0.2, 0.25) is 0 Å². The van der Waals surface area contributed by atoms with Gasteiger partial charge in [-0.15, -0.1) is 0 Å². The van der Waals surface area contributed by atoms with E-state index in [2.05, 4.69) is 19.9 Å². The predicted octanol–water partition coefficient (Wildman–Crippen LogP) is 7.23. The van der Waals surface area contributed by atoms with Crippen molar-refractivity contribution in [1.82, 2.24) is 19.9 Å². The molecule has 2 aliphatic rings. The Labute approximate surface area is 236 Å². The Morgan fingerprint density at radius 1 is 0.929 bits per heavy atom. The molecule has 3 atom stereocenters. The van der Waals surface area contributed by atoms with Crippen molar-refractivity contribution >= 4 is 22.1 Å². The van der Waals surface area contributed by atoms with Crippen LogP contribution < -0.4 is 15.0 Å². The highest BCUT2D eigenvalue weighted by Gasteiger charge is 2.61. The zero-order chi connectivity index (χ0) is 28.7. The number of pyridine rings is 2. The molecule has 0 radical (unpaired) electrons. The molecule has 0 bridgehead atoms. The Balaban J connectivity index is 1.10. The molecule has 2 N–H and O–H groups in total. The number of nitrogens with zero attached hydrogens (tertiary/aromatic N) is 2. The number of benzene rings is 3. The van der Waals surface area contributed by atoms with Gasteiger partial charge in [0.2, 0.25) is 0 Å². The molecule has 1 fully saturated rings. The van der Waals surface area contributed by atoms with Gasteiger partial charge in [-0.1, -0.05) is 29.8 Å². The second-order valence-electron chi connectivity index (χ2n) is 10.7. The summed E-state index contributed by atoms with van der Waals surface area (Å²) in [7, 11) is 0. The molecule has 0 saturated heterocycles. The fourth-order valence-corrected chi connectivity index (χ4v) is 5.84. The Morgan fingerprint density at radius 2 is 1.76 bits per heavy atom. The van der Waals surface area contributed by atoms with Crippen LogP contribution in [0.5, 0.6) is 17.2 Å². The second kappa shape index (κ2) is 8.69. The van der Waals surface area contributed by atoms with E-state index in [0.717, 1.165) is 34.6 Å². The third kappa shape index (κ3) is 3.93. The van der Waals surface area contributed by atoms with Gasteiger partial charge in [0.1, 0.15) is 34.8 Å². The van der Waals surface area contributed by atoms with E-state index in [1.54, 1.807) is 18.3 Å². The third-order valence-electron chi connectivity index (χ3n) is 8.01. The minimum atomic E-state index is -4.42. The second-order valence-corrected chi connectivity index (χ2v) is 10.7. The molecule has 8 rings (SSSR count). The van der Waals surface area contributed by atoms with E-state index in [-0.39, 0.29) is 23.5 Å². The molecule has 3 aromatic carbocycles. The van der Waals surface area contributed by atoms with E-state index in [0.29, 0.717) is 45.0 Å². The van der Waals surface area contributed by atoms with Crippen molar-refractivity contribution < 1.29 is 22.6 Å². The Hall–Kier alpha value is -5.12. The van der Waals surface area contributed by atoms with Crippen molar-refractivity contribution in [3.05, 3.63) is 112 Å². The molecule has 1 aliphatic heterocycles. The average molecular weight is 567 g/mol. The first-order valence-corrected chi connectivity index (χ1v) is 13.4. The number of H-pyrrole nitrogens is 2. The quantitative estimate of drug-likeness (QED) is 0.235. The topological polar surface area (TPSA) is 92.9 Å². The SMILES string of the molecule is Cc1ccc(-c2cc3c(Oc4ccc5c(c4)[C@H]4C(O5)[C@@H]4c4nc5ccc(C(F)(F)F)cc5[nH]4)ccnc3[nH]c2=O)cc1. The molecule has 42 heavy (non-hydrogen) atoms. The van der Waals surface area contributed by atoms with Crippen molar-refractivity contribution in [2.45, 2.75) is 31.0 Å². The number of hydrogen-bond acceptors (Lipinski definition) is 5. The molecule has 4 heterocycles. The van der Waals surface area contributed by atoms with Crippen molar-refractivity contribution in [3.8, 4) is 28.4 Å². The molecular formula is C32H21F3N4O3. The van der Waals surface area contributed by atoms with E-state index < -0.39 is 11.7 Å². The number of alkyl halides is 3. The highest BCUT2D eigenvalue weighted by atomic mass is 19.4. The minimum absolute atomic E-state index is 0.00452. The summed E-state index contributed by atoms with van der Waals surface area (Å²) in [5.74, 6) is 2.37. The summed E-state index contributed by atoms with van der Waals surface area (Å²) in [6, 6.07) is 20.3. The lowest BCUT2D eigenvalue weighted by Gasteiger charge is -2.12. The zero-order valence-corrected chi connectivity index (χ0v) is 22.0. The normalized spacial score (nSPS) is 19.0. The molecular weight excluding hydrogens is 545 g/mol. The van der Waals surface area contributed by atoms with Gasteiger partial charge in [-0.05, 0) is 61.0 Å². The number of aryl methyl sites for hydroxylation is 1. The number of aromatic amines is 2. The highest BCUT2D eigenvalue weighted by Crippen LogP contribution is 2.63. The molecule has 1 aliphatic carbocycles. The van der Waals surface area contributed by atoms with Gasteiger partial charge in [-0.3, -0.25) is 4.79 Å². The molecule has 7 nitrogen and oxygen atoms in total. The van der Waals surface area contributed by atoms with Gasteiger partial charge < -0.3 is 19.4 Å². The third-order valence-corrected chi connectivity index (χ3v) is 8.01. The number of ether oxygens (including phenoxy) is 2. The summed E-state index contributed by atoms with van der Waals surface area (Å²) in [5, 5.41) is 0.659. The lowest BCUT2D eigenvalue weighted by Crippen LogP contribution is -2.09. The van der Waals surface area contributed by atoms with E-state index in [4.69, 9.17) is 9.47 Å². The monoisotopic (exact) mass is 566 g/mol. The number of aromatic nitrogens is 4. The van der Waals surface area contributed by atoms with Gasteiger partial charge in [0.15, 0.2) is 0 Å². The van der Waals surface area contributed by atoms with Gasteiger partial charge in [-0.2, -0.15) is 13.2 Å². The molecule has 6 aromatic rings. The number of hydrogen-bond donors (Lipinski definition) is 2. The van der Waals surface area contributed by atoms with Crippen LogP contribution in [0.1, 0.15) is 34.4 Å². The minimum Gasteiger partial charge on any atom is -0.489 e. The Morgan fingerprint density at radius 3 is 2.57 bits per heavy atom. The number of imidazole rings is 1. The zero-order valence-electron chi connectivity index (χ0n) is 22.0. The molecule has 1 saturated carbocycles. The fraction of sp³-hybridized carbons (Fsp3) is 0.156. The van der Waals surface area contributed by atoms with E-state index in [9.17, 15) is 18.0 Å². The maximum atomic E-state index is 13.2. The van der Waals surface area contributed by atoms with Gasteiger partial charge >= 0.3 is 6.18 Å². The number of rotatable bonds is 4. The van der Waals surface area contributed by atoms with Gasteiger partial charge in [0, 0.05) is 23.2 Å². The summed E-state index contributed by atoms with van der Waals surface area (Å²) in [4.78, 5) is 27.6. The van der Waals surface area contributed by atoms with Crippen LogP contribution in [0.3, 0.4) is 0 Å². The molecule has 0 spiro atoms. The summed E-state index contributed by atoms with van der Waals surface area (Å²) in [6.45, 7) is 1.99.